The first-order valence-corrected chi connectivity index (χ1v) is 6.15. The van der Waals surface area contributed by atoms with Crippen molar-refractivity contribution in [1.82, 2.24) is 4.98 Å². The Bertz CT molecular complexity index is 401. The SMILES string of the molecule is CSCCC(=O)Nc1c[nH]c(C)c1C(=O)O. The average Bonchev–Trinajstić information content (AvgIpc) is 2.56. The van der Waals surface area contributed by atoms with Gasteiger partial charge in [-0.05, 0) is 13.2 Å². The topological polar surface area (TPSA) is 82.2 Å². The molecule has 1 amide bonds. The number of thioether (sulfide) groups is 1. The van der Waals surface area contributed by atoms with Gasteiger partial charge in [0.1, 0.15) is 5.56 Å². The number of carboxylic acid groups (broad SMARTS) is 1. The third-order valence-electron chi connectivity index (χ3n) is 2.10. The number of aryl methyl sites for hydroxylation is 1. The Morgan fingerprint density at radius 2 is 2.25 bits per heavy atom. The van der Waals surface area contributed by atoms with Crippen LogP contribution in [0.3, 0.4) is 0 Å². The van der Waals surface area contributed by atoms with Crippen LogP contribution in [-0.4, -0.2) is 34.0 Å². The molecule has 5 nitrogen and oxygen atoms in total. The molecule has 16 heavy (non-hydrogen) atoms. The summed E-state index contributed by atoms with van der Waals surface area (Å²) >= 11 is 1.57. The summed E-state index contributed by atoms with van der Waals surface area (Å²) in [5.74, 6) is -0.493. The van der Waals surface area contributed by atoms with E-state index in [-0.39, 0.29) is 11.5 Å². The van der Waals surface area contributed by atoms with Gasteiger partial charge in [0.2, 0.25) is 5.91 Å². The molecule has 0 aliphatic carbocycles. The lowest BCUT2D eigenvalue weighted by Gasteiger charge is -2.03. The van der Waals surface area contributed by atoms with Crippen molar-refractivity contribution in [3.05, 3.63) is 17.5 Å². The number of nitrogens with one attached hydrogen (secondary N) is 2. The molecule has 0 aromatic carbocycles. The first-order chi connectivity index (χ1) is 7.56. The van der Waals surface area contributed by atoms with Crippen molar-refractivity contribution in [3.8, 4) is 0 Å². The molecule has 6 heteroatoms. The maximum absolute atomic E-state index is 11.4. The quantitative estimate of drug-likeness (QED) is 0.734. The number of carboxylic acids is 1. The summed E-state index contributed by atoms with van der Waals surface area (Å²) in [7, 11) is 0. The zero-order chi connectivity index (χ0) is 12.1. The van der Waals surface area contributed by atoms with E-state index in [1.807, 2.05) is 6.26 Å². The molecule has 0 bridgehead atoms. The summed E-state index contributed by atoms with van der Waals surface area (Å²) in [6.07, 6.45) is 3.79. The molecule has 1 aromatic rings. The Morgan fingerprint density at radius 3 is 2.81 bits per heavy atom. The number of anilines is 1. The second-order valence-electron chi connectivity index (χ2n) is 3.30. The Balaban J connectivity index is 2.74. The second kappa shape index (κ2) is 5.60. The van der Waals surface area contributed by atoms with Crippen molar-refractivity contribution in [2.75, 3.05) is 17.3 Å². The molecule has 0 radical (unpaired) electrons. The standard InChI is InChI=1S/C10H14N2O3S/c1-6-9(10(14)15)7(5-11-6)12-8(13)3-4-16-2/h5,11H,3-4H2,1-2H3,(H,12,13)(H,14,15). The lowest BCUT2D eigenvalue weighted by molar-refractivity contribution is -0.115. The maximum atomic E-state index is 11.4. The van der Waals surface area contributed by atoms with Crippen LogP contribution in [0.1, 0.15) is 22.5 Å². The molecule has 0 saturated heterocycles. The molecule has 3 N–H and O–H groups in total. The highest BCUT2D eigenvalue weighted by atomic mass is 32.2. The molecule has 0 saturated carbocycles. The van der Waals surface area contributed by atoms with Gasteiger partial charge in [-0.1, -0.05) is 0 Å². The van der Waals surface area contributed by atoms with Gasteiger partial charge in [-0.2, -0.15) is 11.8 Å². The summed E-state index contributed by atoms with van der Waals surface area (Å²) in [4.78, 5) is 25.1. The number of aromatic amines is 1. The van der Waals surface area contributed by atoms with Crippen LogP contribution in [-0.2, 0) is 4.79 Å². The van der Waals surface area contributed by atoms with E-state index >= 15 is 0 Å². The lowest BCUT2D eigenvalue weighted by atomic mass is 10.2. The number of carbonyl (C=O) groups excluding carboxylic acids is 1. The number of rotatable bonds is 5. The minimum Gasteiger partial charge on any atom is -0.478 e. The van der Waals surface area contributed by atoms with E-state index in [1.54, 1.807) is 18.7 Å². The lowest BCUT2D eigenvalue weighted by Crippen LogP contribution is -2.14. The summed E-state index contributed by atoms with van der Waals surface area (Å²) in [6, 6.07) is 0. The minimum absolute atomic E-state index is 0.123. The molecule has 0 unspecified atom stereocenters. The van der Waals surface area contributed by atoms with E-state index in [1.165, 1.54) is 6.20 Å². The van der Waals surface area contributed by atoms with E-state index in [0.29, 0.717) is 17.8 Å². The summed E-state index contributed by atoms with van der Waals surface area (Å²) in [5.41, 5.74) is 0.987. The molecule has 0 aliphatic heterocycles. The number of hydrogen-bond acceptors (Lipinski definition) is 3. The van der Waals surface area contributed by atoms with E-state index in [4.69, 9.17) is 5.11 Å². The largest absolute Gasteiger partial charge is 0.478 e. The monoisotopic (exact) mass is 242 g/mol. The smallest absolute Gasteiger partial charge is 0.339 e. The normalized spacial score (nSPS) is 10.1. The highest BCUT2D eigenvalue weighted by molar-refractivity contribution is 7.98. The first kappa shape index (κ1) is 12.6. The van der Waals surface area contributed by atoms with Gasteiger partial charge in [0.05, 0.1) is 5.69 Å². The number of carbonyl (C=O) groups is 2. The van der Waals surface area contributed by atoms with Crippen molar-refractivity contribution >= 4 is 29.3 Å². The second-order valence-corrected chi connectivity index (χ2v) is 4.28. The van der Waals surface area contributed by atoms with Crippen molar-refractivity contribution in [1.29, 1.82) is 0 Å². The molecule has 0 fully saturated rings. The molecule has 88 valence electrons. The van der Waals surface area contributed by atoms with Crippen molar-refractivity contribution in [2.24, 2.45) is 0 Å². The molecule has 0 aliphatic rings. The van der Waals surface area contributed by atoms with Crippen LogP contribution in [0.2, 0.25) is 0 Å². The number of H-pyrrole nitrogens is 1. The van der Waals surface area contributed by atoms with Crippen LogP contribution in [0, 0.1) is 6.92 Å². The van der Waals surface area contributed by atoms with Gasteiger partial charge in [-0.25, -0.2) is 4.79 Å². The predicted molar refractivity (Wildman–Crippen MR) is 64.1 cm³/mol. The molecule has 1 rings (SSSR count). The fourth-order valence-electron chi connectivity index (χ4n) is 1.31. The predicted octanol–water partition coefficient (Wildman–Crippen LogP) is 1.71. The van der Waals surface area contributed by atoms with Gasteiger partial charge >= 0.3 is 5.97 Å². The summed E-state index contributed by atoms with van der Waals surface area (Å²) in [6.45, 7) is 1.65. The third kappa shape index (κ3) is 3.03. The highest BCUT2D eigenvalue weighted by Crippen LogP contribution is 2.19. The zero-order valence-electron chi connectivity index (χ0n) is 9.16. The van der Waals surface area contributed by atoms with Crippen LogP contribution in [0.25, 0.3) is 0 Å². The molecular formula is C10H14N2O3S. The first-order valence-electron chi connectivity index (χ1n) is 4.76. The Hall–Kier alpha value is -1.43. The van der Waals surface area contributed by atoms with Gasteiger partial charge in [0, 0.05) is 24.1 Å². The van der Waals surface area contributed by atoms with Gasteiger partial charge in [-0.15, -0.1) is 0 Å². The van der Waals surface area contributed by atoms with Gasteiger partial charge in [0.15, 0.2) is 0 Å². The Kier molecular flexibility index (Phi) is 4.42. The summed E-state index contributed by atoms with van der Waals surface area (Å²) in [5, 5.41) is 11.5. The molecule has 1 aromatic heterocycles. The molecule has 0 atom stereocenters. The third-order valence-corrected chi connectivity index (χ3v) is 2.71. The van der Waals surface area contributed by atoms with Crippen molar-refractivity contribution in [2.45, 2.75) is 13.3 Å². The highest BCUT2D eigenvalue weighted by Gasteiger charge is 2.16. The number of aromatic carboxylic acids is 1. The van der Waals surface area contributed by atoms with Gasteiger partial charge in [-0.3, -0.25) is 4.79 Å². The van der Waals surface area contributed by atoms with Gasteiger partial charge < -0.3 is 15.4 Å². The van der Waals surface area contributed by atoms with E-state index in [2.05, 4.69) is 10.3 Å². The minimum atomic E-state index is -1.04. The Morgan fingerprint density at radius 1 is 1.56 bits per heavy atom. The molecular weight excluding hydrogens is 228 g/mol. The number of aromatic nitrogens is 1. The fraction of sp³-hybridized carbons (Fsp3) is 0.400. The number of hydrogen-bond donors (Lipinski definition) is 3. The van der Waals surface area contributed by atoms with E-state index in [9.17, 15) is 9.59 Å². The Labute approximate surface area is 97.6 Å². The van der Waals surface area contributed by atoms with E-state index in [0.717, 1.165) is 5.75 Å². The maximum Gasteiger partial charge on any atom is 0.339 e. The van der Waals surface area contributed by atoms with Gasteiger partial charge in [0.25, 0.3) is 0 Å². The van der Waals surface area contributed by atoms with Crippen molar-refractivity contribution in [3.63, 3.8) is 0 Å². The van der Waals surface area contributed by atoms with Crippen molar-refractivity contribution < 1.29 is 14.7 Å². The molecule has 0 spiro atoms. The fourth-order valence-corrected chi connectivity index (χ4v) is 1.70. The van der Waals surface area contributed by atoms with Crippen LogP contribution < -0.4 is 5.32 Å². The van der Waals surface area contributed by atoms with Crippen LogP contribution in [0.4, 0.5) is 5.69 Å². The van der Waals surface area contributed by atoms with Crippen LogP contribution in [0.15, 0.2) is 6.20 Å². The van der Waals surface area contributed by atoms with E-state index < -0.39 is 5.97 Å². The summed E-state index contributed by atoms with van der Waals surface area (Å²) < 4.78 is 0. The molecule has 1 heterocycles. The van der Waals surface area contributed by atoms with Crippen LogP contribution in [0.5, 0.6) is 0 Å². The number of amides is 1. The average molecular weight is 242 g/mol. The zero-order valence-corrected chi connectivity index (χ0v) is 9.98. The van der Waals surface area contributed by atoms with Crippen LogP contribution >= 0.6 is 11.8 Å².